The summed E-state index contributed by atoms with van der Waals surface area (Å²) >= 11 is 0. The number of fused-ring (bicyclic) bond motifs is 5. The zero-order valence-electron chi connectivity index (χ0n) is 17.3. The van der Waals surface area contributed by atoms with Crippen molar-refractivity contribution < 1.29 is 14.3 Å². The van der Waals surface area contributed by atoms with Crippen LogP contribution in [0.5, 0.6) is 0 Å². The highest BCUT2D eigenvalue weighted by Crippen LogP contribution is 2.52. The molecule has 4 atom stereocenters. The number of carbonyl (C=O) groups is 2. The normalized spacial score (nSPS) is 28.6. The first-order chi connectivity index (χ1) is 13.5. The van der Waals surface area contributed by atoms with E-state index in [2.05, 4.69) is 41.6 Å². The first-order valence-corrected chi connectivity index (χ1v) is 10.7. The van der Waals surface area contributed by atoms with Crippen molar-refractivity contribution in [2.24, 2.45) is 34.6 Å². The Labute approximate surface area is 168 Å². The van der Waals surface area contributed by atoms with Gasteiger partial charge in [-0.25, -0.2) is 0 Å². The topological polar surface area (TPSA) is 83.0 Å². The molecule has 2 N–H and O–H groups in total. The molecule has 3 rings (SSSR count). The van der Waals surface area contributed by atoms with Crippen molar-refractivity contribution in [2.75, 3.05) is 39.4 Å². The Hall–Kier alpha value is -1.89. The highest BCUT2D eigenvalue weighted by molar-refractivity contribution is 6.06. The van der Waals surface area contributed by atoms with Crippen LogP contribution in [-0.4, -0.2) is 62.1 Å². The standard InChI is InChI=1S/C21H34N4O3/c1-4-22-21(23-8-5-11-28-13-14(2)3)24-9-10-25-19(26)17-15-6-7-16(12-15)18(17)20(25)27/h6-7,14-18H,4-5,8-13H2,1-3H3,(H2,22,23,24). The average molecular weight is 391 g/mol. The van der Waals surface area contributed by atoms with Gasteiger partial charge in [0.05, 0.1) is 11.8 Å². The average Bonchev–Trinajstić information content (AvgIpc) is 3.33. The van der Waals surface area contributed by atoms with Crippen LogP contribution in [-0.2, 0) is 14.3 Å². The minimum absolute atomic E-state index is 0.0119. The highest BCUT2D eigenvalue weighted by Gasteiger charge is 2.58. The highest BCUT2D eigenvalue weighted by atomic mass is 16.5. The number of rotatable bonds is 10. The van der Waals surface area contributed by atoms with Gasteiger partial charge in [-0.05, 0) is 37.5 Å². The zero-order valence-corrected chi connectivity index (χ0v) is 17.3. The van der Waals surface area contributed by atoms with Crippen molar-refractivity contribution in [3.05, 3.63) is 12.2 Å². The number of amides is 2. The van der Waals surface area contributed by atoms with Gasteiger partial charge in [0.15, 0.2) is 5.96 Å². The van der Waals surface area contributed by atoms with Crippen LogP contribution in [0.4, 0.5) is 0 Å². The SMILES string of the molecule is CCNC(=NCCCOCC(C)C)NCCN1C(=O)C2C3C=CC(C3)C2C1=O. The molecule has 0 aromatic rings. The number of carbonyl (C=O) groups excluding carboxylic acids is 2. The van der Waals surface area contributed by atoms with Crippen molar-refractivity contribution in [3.8, 4) is 0 Å². The minimum atomic E-state index is -0.116. The number of nitrogens with zero attached hydrogens (tertiary/aromatic N) is 2. The quantitative estimate of drug-likeness (QED) is 0.194. The Morgan fingerprint density at radius 3 is 2.50 bits per heavy atom. The van der Waals surface area contributed by atoms with Gasteiger partial charge in [-0.3, -0.25) is 19.5 Å². The molecule has 1 saturated heterocycles. The smallest absolute Gasteiger partial charge is 0.233 e. The molecule has 1 heterocycles. The van der Waals surface area contributed by atoms with Gasteiger partial charge >= 0.3 is 0 Å². The van der Waals surface area contributed by atoms with E-state index in [1.54, 1.807) is 0 Å². The molecule has 2 amide bonds. The minimum Gasteiger partial charge on any atom is -0.381 e. The molecular weight excluding hydrogens is 356 g/mol. The number of aliphatic imine (C=N–C) groups is 1. The third-order valence-corrected chi connectivity index (χ3v) is 5.70. The van der Waals surface area contributed by atoms with Crippen molar-refractivity contribution in [1.82, 2.24) is 15.5 Å². The fourth-order valence-corrected chi connectivity index (χ4v) is 4.49. The Balaban J connectivity index is 1.41. The predicted octanol–water partition coefficient (Wildman–Crippen LogP) is 1.41. The maximum absolute atomic E-state index is 12.7. The summed E-state index contributed by atoms with van der Waals surface area (Å²) in [4.78, 5) is 31.4. The molecule has 1 aliphatic heterocycles. The molecule has 1 saturated carbocycles. The molecule has 2 bridgehead atoms. The Morgan fingerprint density at radius 2 is 1.89 bits per heavy atom. The van der Waals surface area contributed by atoms with Gasteiger partial charge in [-0.1, -0.05) is 26.0 Å². The third-order valence-electron chi connectivity index (χ3n) is 5.70. The largest absolute Gasteiger partial charge is 0.381 e. The van der Waals surface area contributed by atoms with E-state index in [4.69, 9.17) is 4.74 Å². The van der Waals surface area contributed by atoms with Crippen molar-refractivity contribution >= 4 is 17.8 Å². The molecule has 7 heteroatoms. The molecule has 4 unspecified atom stereocenters. The molecule has 0 spiro atoms. The molecular formula is C21H34N4O3. The van der Waals surface area contributed by atoms with Crippen LogP contribution in [0, 0.1) is 29.6 Å². The summed E-state index contributed by atoms with van der Waals surface area (Å²) < 4.78 is 5.57. The van der Waals surface area contributed by atoms with Crippen LogP contribution in [0.1, 0.15) is 33.6 Å². The molecule has 0 radical (unpaired) electrons. The van der Waals surface area contributed by atoms with Crippen LogP contribution >= 0.6 is 0 Å². The fraction of sp³-hybridized carbons (Fsp3) is 0.762. The van der Waals surface area contributed by atoms with E-state index in [0.717, 1.165) is 26.0 Å². The second kappa shape index (κ2) is 9.54. The van der Waals surface area contributed by atoms with Crippen LogP contribution < -0.4 is 10.6 Å². The summed E-state index contributed by atoms with van der Waals surface area (Å²) in [5.74, 6) is 1.58. The first-order valence-electron chi connectivity index (χ1n) is 10.7. The van der Waals surface area contributed by atoms with Crippen molar-refractivity contribution in [2.45, 2.75) is 33.6 Å². The summed E-state index contributed by atoms with van der Waals surface area (Å²) in [5, 5.41) is 6.44. The summed E-state index contributed by atoms with van der Waals surface area (Å²) in [7, 11) is 0. The third kappa shape index (κ3) is 4.57. The van der Waals surface area contributed by atoms with Crippen LogP contribution in [0.25, 0.3) is 0 Å². The zero-order chi connectivity index (χ0) is 20.1. The van der Waals surface area contributed by atoms with Crippen LogP contribution in [0.3, 0.4) is 0 Å². The van der Waals surface area contributed by atoms with Crippen LogP contribution in [0.2, 0.25) is 0 Å². The predicted molar refractivity (Wildman–Crippen MR) is 109 cm³/mol. The van der Waals surface area contributed by atoms with Gasteiger partial charge < -0.3 is 15.4 Å². The Kier molecular flexibility index (Phi) is 7.10. The lowest BCUT2D eigenvalue weighted by molar-refractivity contribution is -0.140. The monoisotopic (exact) mass is 390 g/mol. The lowest BCUT2D eigenvalue weighted by Crippen LogP contribution is -2.43. The number of ether oxygens (including phenoxy) is 1. The Morgan fingerprint density at radius 1 is 1.21 bits per heavy atom. The number of hydrogen-bond acceptors (Lipinski definition) is 4. The number of guanidine groups is 1. The fourth-order valence-electron chi connectivity index (χ4n) is 4.49. The van der Waals surface area contributed by atoms with Gasteiger partial charge in [-0.15, -0.1) is 0 Å². The summed E-state index contributed by atoms with van der Waals surface area (Å²) in [6.07, 6.45) is 6.09. The van der Waals surface area contributed by atoms with Gasteiger partial charge in [0.1, 0.15) is 0 Å². The molecule has 0 aromatic carbocycles. The van der Waals surface area contributed by atoms with E-state index in [9.17, 15) is 9.59 Å². The number of nitrogens with one attached hydrogen (secondary N) is 2. The number of imide groups is 1. The van der Waals surface area contributed by atoms with Crippen molar-refractivity contribution in [1.29, 1.82) is 0 Å². The van der Waals surface area contributed by atoms with E-state index < -0.39 is 0 Å². The van der Waals surface area contributed by atoms with E-state index in [-0.39, 0.29) is 35.5 Å². The van der Waals surface area contributed by atoms with Gasteiger partial charge in [0.2, 0.25) is 11.8 Å². The molecule has 28 heavy (non-hydrogen) atoms. The van der Waals surface area contributed by atoms with E-state index in [0.29, 0.717) is 38.1 Å². The molecule has 0 aromatic heterocycles. The van der Waals surface area contributed by atoms with Gasteiger partial charge in [0, 0.05) is 39.4 Å². The lowest BCUT2D eigenvalue weighted by Gasteiger charge is -2.18. The molecule has 3 aliphatic rings. The van der Waals surface area contributed by atoms with Crippen molar-refractivity contribution in [3.63, 3.8) is 0 Å². The number of hydrogen-bond donors (Lipinski definition) is 2. The van der Waals surface area contributed by atoms with E-state index in [1.807, 2.05) is 6.92 Å². The second-order valence-electron chi connectivity index (χ2n) is 8.34. The van der Waals surface area contributed by atoms with Gasteiger partial charge in [-0.2, -0.15) is 0 Å². The summed E-state index contributed by atoms with van der Waals surface area (Å²) in [5.41, 5.74) is 0. The maximum atomic E-state index is 12.7. The molecule has 156 valence electrons. The first kappa shape index (κ1) is 20.8. The summed E-state index contributed by atoms with van der Waals surface area (Å²) in [6, 6.07) is 0. The van der Waals surface area contributed by atoms with Gasteiger partial charge in [0.25, 0.3) is 0 Å². The van der Waals surface area contributed by atoms with E-state index in [1.165, 1.54) is 4.90 Å². The molecule has 2 aliphatic carbocycles. The van der Waals surface area contributed by atoms with Crippen LogP contribution in [0.15, 0.2) is 17.1 Å². The molecule has 2 fully saturated rings. The summed E-state index contributed by atoms with van der Waals surface area (Å²) in [6.45, 7) is 10.1. The van der Waals surface area contributed by atoms with E-state index >= 15 is 0 Å². The molecule has 7 nitrogen and oxygen atoms in total. The maximum Gasteiger partial charge on any atom is 0.233 e. The number of allylic oxidation sites excluding steroid dienone is 2. The number of likely N-dealkylation sites (tertiary alicyclic amines) is 1. The Bertz CT molecular complexity index is 601. The lowest BCUT2D eigenvalue weighted by atomic mass is 9.85. The second-order valence-corrected chi connectivity index (χ2v) is 8.34.